The number of alkyl halides is 3. The van der Waals surface area contributed by atoms with Gasteiger partial charge in [-0.05, 0) is 25.8 Å². The molecule has 17 heavy (non-hydrogen) atoms. The Morgan fingerprint density at radius 2 is 2.24 bits per heavy atom. The van der Waals surface area contributed by atoms with Crippen LogP contribution < -0.4 is 0 Å². The molecule has 1 fully saturated rings. The van der Waals surface area contributed by atoms with Crippen LogP contribution in [0.5, 0.6) is 0 Å². The molecule has 1 heterocycles. The summed E-state index contributed by atoms with van der Waals surface area (Å²) in [6.07, 6.45) is -2.60. The Balaban J connectivity index is 2.31. The van der Waals surface area contributed by atoms with Crippen LogP contribution in [0.2, 0.25) is 0 Å². The summed E-state index contributed by atoms with van der Waals surface area (Å²) < 4.78 is 39.2. The second-order valence-electron chi connectivity index (χ2n) is 4.44. The van der Waals surface area contributed by atoms with E-state index in [-0.39, 0.29) is 12.5 Å². The zero-order valence-electron chi connectivity index (χ0n) is 9.33. The second-order valence-corrected chi connectivity index (χ2v) is 4.44. The SMILES string of the molecule is C[C@H](C#N)Cn1nc(C2CC2)cc1C(F)(F)F. The van der Waals surface area contributed by atoms with Gasteiger partial charge in [-0.1, -0.05) is 0 Å². The van der Waals surface area contributed by atoms with Gasteiger partial charge in [0.25, 0.3) is 0 Å². The van der Waals surface area contributed by atoms with Gasteiger partial charge in [0.1, 0.15) is 5.69 Å². The van der Waals surface area contributed by atoms with E-state index in [0.717, 1.165) is 23.6 Å². The average Bonchev–Trinajstić information content (AvgIpc) is 2.99. The van der Waals surface area contributed by atoms with Crippen LogP contribution >= 0.6 is 0 Å². The normalized spacial score (nSPS) is 17.8. The molecule has 0 N–H and O–H groups in total. The van der Waals surface area contributed by atoms with E-state index < -0.39 is 17.8 Å². The quantitative estimate of drug-likeness (QED) is 0.819. The molecule has 6 heteroatoms. The summed E-state index contributed by atoms with van der Waals surface area (Å²) >= 11 is 0. The average molecular weight is 243 g/mol. The summed E-state index contributed by atoms with van der Waals surface area (Å²) in [5, 5.41) is 12.6. The monoisotopic (exact) mass is 243 g/mol. The zero-order valence-corrected chi connectivity index (χ0v) is 9.33. The zero-order chi connectivity index (χ0) is 12.6. The molecule has 0 saturated heterocycles. The van der Waals surface area contributed by atoms with Gasteiger partial charge in [-0.25, -0.2) is 0 Å². The number of hydrogen-bond acceptors (Lipinski definition) is 2. The van der Waals surface area contributed by atoms with Crippen molar-refractivity contribution in [2.45, 2.75) is 38.4 Å². The van der Waals surface area contributed by atoms with Crippen molar-refractivity contribution in [2.75, 3.05) is 0 Å². The molecule has 0 aromatic carbocycles. The molecule has 0 aliphatic heterocycles. The molecule has 2 rings (SSSR count). The number of nitrogens with zero attached hydrogens (tertiary/aromatic N) is 3. The smallest absolute Gasteiger partial charge is 0.259 e. The van der Waals surface area contributed by atoms with Crippen LogP contribution in [0, 0.1) is 17.2 Å². The van der Waals surface area contributed by atoms with Gasteiger partial charge in [0.05, 0.1) is 24.2 Å². The molecule has 92 valence electrons. The molecule has 3 nitrogen and oxygen atoms in total. The van der Waals surface area contributed by atoms with E-state index in [1.165, 1.54) is 0 Å². The maximum Gasteiger partial charge on any atom is 0.433 e. The van der Waals surface area contributed by atoms with Crippen LogP contribution in [0.4, 0.5) is 13.2 Å². The lowest BCUT2D eigenvalue weighted by Gasteiger charge is -2.10. The van der Waals surface area contributed by atoms with Gasteiger partial charge < -0.3 is 0 Å². The predicted molar refractivity (Wildman–Crippen MR) is 54.0 cm³/mol. The Kier molecular flexibility index (Phi) is 2.86. The maximum atomic E-state index is 12.8. The largest absolute Gasteiger partial charge is 0.433 e. The highest BCUT2D eigenvalue weighted by molar-refractivity contribution is 5.20. The number of hydrogen-bond donors (Lipinski definition) is 0. The van der Waals surface area contributed by atoms with E-state index in [1.54, 1.807) is 6.92 Å². The van der Waals surface area contributed by atoms with Crippen molar-refractivity contribution < 1.29 is 13.2 Å². The molecule has 1 aliphatic carbocycles. The van der Waals surface area contributed by atoms with E-state index in [0.29, 0.717) is 5.69 Å². The Labute approximate surface area is 96.8 Å². The van der Waals surface area contributed by atoms with E-state index in [9.17, 15) is 13.2 Å². The third-order valence-electron chi connectivity index (χ3n) is 2.75. The van der Waals surface area contributed by atoms with E-state index >= 15 is 0 Å². The van der Waals surface area contributed by atoms with Gasteiger partial charge in [-0.2, -0.15) is 23.5 Å². The topological polar surface area (TPSA) is 41.6 Å². The van der Waals surface area contributed by atoms with Gasteiger partial charge in [-0.15, -0.1) is 0 Å². The van der Waals surface area contributed by atoms with Crippen molar-refractivity contribution in [3.05, 3.63) is 17.5 Å². The van der Waals surface area contributed by atoms with Crippen LogP contribution in [0.3, 0.4) is 0 Å². The van der Waals surface area contributed by atoms with Crippen molar-refractivity contribution in [3.8, 4) is 6.07 Å². The highest BCUT2D eigenvalue weighted by Gasteiger charge is 2.38. The van der Waals surface area contributed by atoms with Gasteiger partial charge >= 0.3 is 6.18 Å². The lowest BCUT2D eigenvalue weighted by molar-refractivity contribution is -0.144. The van der Waals surface area contributed by atoms with Crippen molar-refractivity contribution in [3.63, 3.8) is 0 Å². The first-order chi connectivity index (χ1) is 7.91. The van der Waals surface area contributed by atoms with Crippen molar-refractivity contribution in [2.24, 2.45) is 5.92 Å². The summed E-state index contributed by atoms with van der Waals surface area (Å²) in [6, 6.07) is 3.03. The van der Waals surface area contributed by atoms with Gasteiger partial charge in [-0.3, -0.25) is 4.68 Å². The number of nitriles is 1. The van der Waals surface area contributed by atoms with Crippen LogP contribution in [0.25, 0.3) is 0 Å². The molecule has 0 spiro atoms. The minimum absolute atomic E-state index is 0.0158. The number of rotatable bonds is 3. The molecule has 0 unspecified atom stereocenters. The first-order valence-corrected chi connectivity index (χ1v) is 5.46. The molecule has 0 amide bonds. The van der Waals surface area contributed by atoms with E-state index in [1.807, 2.05) is 6.07 Å². The second kappa shape index (κ2) is 4.06. The molecule has 1 aromatic rings. The molecule has 1 atom stereocenters. The summed E-state index contributed by atoms with van der Waals surface area (Å²) in [5.41, 5.74) is -0.246. The Morgan fingerprint density at radius 3 is 2.71 bits per heavy atom. The third-order valence-corrected chi connectivity index (χ3v) is 2.75. The van der Waals surface area contributed by atoms with Crippen molar-refractivity contribution >= 4 is 0 Å². The van der Waals surface area contributed by atoms with Crippen molar-refractivity contribution in [1.82, 2.24) is 9.78 Å². The molecule has 1 saturated carbocycles. The van der Waals surface area contributed by atoms with E-state index in [4.69, 9.17) is 5.26 Å². The third kappa shape index (κ3) is 2.60. The summed E-state index contributed by atoms with van der Waals surface area (Å²) in [5.74, 6) is -0.308. The lowest BCUT2D eigenvalue weighted by atomic mass is 10.2. The predicted octanol–water partition coefficient (Wildman–Crippen LogP) is 2.94. The Hall–Kier alpha value is -1.51. The molecule has 0 bridgehead atoms. The lowest BCUT2D eigenvalue weighted by Crippen LogP contribution is -2.17. The maximum absolute atomic E-state index is 12.8. The summed E-state index contributed by atoms with van der Waals surface area (Å²) in [7, 11) is 0. The highest BCUT2D eigenvalue weighted by Crippen LogP contribution is 2.41. The number of halogens is 3. The minimum atomic E-state index is -4.41. The summed E-state index contributed by atoms with van der Waals surface area (Å²) in [6.45, 7) is 1.57. The fourth-order valence-electron chi connectivity index (χ4n) is 1.68. The van der Waals surface area contributed by atoms with Crippen LogP contribution in [0.15, 0.2) is 6.07 Å². The minimum Gasteiger partial charge on any atom is -0.259 e. The molecular weight excluding hydrogens is 231 g/mol. The molecular formula is C11H12F3N3. The Bertz CT molecular complexity index is 452. The van der Waals surface area contributed by atoms with Crippen LogP contribution in [-0.4, -0.2) is 9.78 Å². The van der Waals surface area contributed by atoms with Crippen molar-refractivity contribution in [1.29, 1.82) is 5.26 Å². The van der Waals surface area contributed by atoms with E-state index in [2.05, 4.69) is 5.10 Å². The Morgan fingerprint density at radius 1 is 1.59 bits per heavy atom. The number of aromatic nitrogens is 2. The molecule has 1 aromatic heterocycles. The fourth-order valence-corrected chi connectivity index (χ4v) is 1.68. The molecule has 0 radical (unpaired) electrons. The van der Waals surface area contributed by atoms with Crippen LogP contribution in [-0.2, 0) is 12.7 Å². The molecule has 1 aliphatic rings. The first kappa shape index (κ1) is 12.0. The van der Waals surface area contributed by atoms with Gasteiger partial charge in [0.15, 0.2) is 0 Å². The summed E-state index contributed by atoms with van der Waals surface area (Å²) in [4.78, 5) is 0. The fraction of sp³-hybridized carbons (Fsp3) is 0.636. The standard InChI is InChI=1S/C11H12F3N3/c1-7(5-15)6-17-10(11(12,13)14)4-9(16-17)8-2-3-8/h4,7-8H,2-3,6H2,1H3/t7-/m1/s1. The van der Waals surface area contributed by atoms with Gasteiger partial charge in [0, 0.05) is 5.92 Å². The first-order valence-electron chi connectivity index (χ1n) is 5.46. The van der Waals surface area contributed by atoms with Gasteiger partial charge in [0.2, 0.25) is 0 Å². The van der Waals surface area contributed by atoms with Crippen LogP contribution in [0.1, 0.15) is 37.1 Å². The highest BCUT2D eigenvalue weighted by atomic mass is 19.4.